The fourth-order valence-corrected chi connectivity index (χ4v) is 8.05. The molecule has 0 radical (unpaired) electrons. The van der Waals surface area contributed by atoms with E-state index in [1.807, 2.05) is 0 Å². The van der Waals surface area contributed by atoms with Crippen LogP contribution in [-0.4, -0.2) is 34.9 Å². The van der Waals surface area contributed by atoms with Gasteiger partial charge in [-0.15, -0.1) is 0 Å². The molecule has 0 fully saturated rings. The van der Waals surface area contributed by atoms with Crippen molar-refractivity contribution >= 4 is 5.91 Å². The summed E-state index contributed by atoms with van der Waals surface area (Å²) in [6.07, 6.45) is 63.0. The lowest BCUT2D eigenvalue weighted by Crippen LogP contribution is -2.45. The first-order valence-electron chi connectivity index (χ1n) is 25.5. The van der Waals surface area contributed by atoms with Crippen molar-refractivity contribution < 1.29 is 15.0 Å². The molecule has 332 valence electrons. The Morgan fingerprint density at radius 2 is 0.768 bits per heavy atom. The molecule has 0 aromatic heterocycles. The van der Waals surface area contributed by atoms with Crippen LogP contribution in [0.15, 0.2) is 24.3 Å². The molecule has 1 amide bonds. The minimum atomic E-state index is -0.664. The molecule has 4 heteroatoms. The van der Waals surface area contributed by atoms with Crippen LogP contribution in [0.3, 0.4) is 0 Å². The molecule has 0 heterocycles. The number of hydrogen-bond donors (Lipinski definition) is 3. The first-order chi connectivity index (χ1) is 27.7. The number of allylic oxidation sites excluding steroid dienone is 4. The summed E-state index contributed by atoms with van der Waals surface area (Å²) in [6.45, 7) is 4.31. The molecule has 0 aliphatic heterocycles. The van der Waals surface area contributed by atoms with Crippen molar-refractivity contribution in [3.63, 3.8) is 0 Å². The standard InChI is InChI=1S/C52H101NO3/c1-3-5-7-9-11-13-15-17-18-19-20-21-22-23-24-25-26-27-28-29-30-31-32-33-34-36-37-39-41-43-45-47-51(55)50(49-54)53-52(56)48-46-44-42-40-38-35-16-14-12-10-8-6-4-2/h8,10,14,16,50-51,54-55H,3-7,9,11-13,15,17-49H2,1-2H3,(H,53,56)/b10-8-,16-14-. The van der Waals surface area contributed by atoms with Crippen LogP contribution in [0, 0.1) is 0 Å². The second kappa shape index (κ2) is 48.2. The molecule has 0 aliphatic rings. The maximum Gasteiger partial charge on any atom is 0.220 e. The third-order valence-corrected chi connectivity index (χ3v) is 11.9. The summed E-state index contributed by atoms with van der Waals surface area (Å²) < 4.78 is 0. The second-order valence-corrected chi connectivity index (χ2v) is 17.6. The van der Waals surface area contributed by atoms with Crippen LogP contribution in [0.25, 0.3) is 0 Å². The van der Waals surface area contributed by atoms with Gasteiger partial charge in [0.1, 0.15) is 0 Å². The van der Waals surface area contributed by atoms with Gasteiger partial charge in [-0.2, -0.15) is 0 Å². The van der Waals surface area contributed by atoms with Crippen molar-refractivity contribution in [2.75, 3.05) is 6.61 Å². The maximum atomic E-state index is 12.4. The first-order valence-corrected chi connectivity index (χ1v) is 25.5. The Morgan fingerprint density at radius 3 is 1.14 bits per heavy atom. The van der Waals surface area contributed by atoms with Gasteiger partial charge in [0, 0.05) is 6.42 Å². The van der Waals surface area contributed by atoms with E-state index in [-0.39, 0.29) is 12.5 Å². The van der Waals surface area contributed by atoms with Gasteiger partial charge in [-0.3, -0.25) is 4.79 Å². The monoisotopic (exact) mass is 788 g/mol. The van der Waals surface area contributed by atoms with E-state index in [1.165, 1.54) is 212 Å². The van der Waals surface area contributed by atoms with Gasteiger partial charge < -0.3 is 15.5 Å². The van der Waals surface area contributed by atoms with Gasteiger partial charge in [0.15, 0.2) is 0 Å². The number of aliphatic hydroxyl groups is 2. The van der Waals surface area contributed by atoms with E-state index in [4.69, 9.17) is 0 Å². The van der Waals surface area contributed by atoms with Gasteiger partial charge in [-0.1, -0.05) is 263 Å². The molecule has 0 saturated heterocycles. The maximum absolute atomic E-state index is 12.4. The molecule has 0 aromatic rings. The van der Waals surface area contributed by atoms with Crippen LogP contribution >= 0.6 is 0 Å². The lowest BCUT2D eigenvalue weighted by molar-refractivity contribution is -0.123. The Morgan fingerprint density at radius 1 is 0.429 bits per heavy atom. The summed E-state index contributed by atoms with van der Waals surface area (Å²) in [6, 6.07) is -0.542. The van der Waals surface area contributed by atoms with Crippen molar-refractivity contribution in [3.05, 3.63) is 24.3 Å². The third kappa shape index (κ3) is 44.0. The highest BCUT2D eigenvalue weighted by Crippen LogP contribution is 2.17. The van der Waals surface area contributed by atoms with E-state index in [0.29, 0.717) is 12.8 Å². The van der Waals surface area contributed by atoms with Crippen LogP contribution < -0.4 is 5.32 Å². The number of carbonyl (C=O) groups is 1. The summed E-state index contributed by atoms with van der Waals surface area (Å²) in [4.78, 5) is 12.4. The Kier molecular flexibility index (Phi) is 47.3. The van der Waals surface area contributed by atoms with E-state index in [2.05, 4.69) is 43.5 Å². The van der Waals surface area contributed by atoms with E-state index in [0.717, 1.165) is 44.9 Å². The van der Waals surface area contributed by atoms with E-state index >= 15 is 0 Å². The summed E-state index contributed by atoms with van der Waals surface area (Å²) >= 11 is 0. The number of carbonyl (C=O) groups excluding carboxylic acids is 1. The Labute approximate surface area is 351 Å². The van der Waals surface area contributed by atoms with Crippen LogP contribution in [0.5, 0.6) is 0 Å². The van der Waals surface area contributed by atoms with E-state index in [9.17, 15) is 15.0 Å². The van der Waals surface area contributed by atoms with Gasteiger partial charge in [0.05, 0.1) is 18.8 Å². The molecule has 0 rings (SSSR count). The highest BCUT2D eigenvalue weighted by atomic mass is 16.3. The lowest BCUT2D eigenvalue weighted by Gasteiger charge is -2.22. The first kappa shape index (κ1) is 54.9. The predicted octanol–water partition coefficient (Wildman–Crippen LogP) is 16.4. The Balaban J connectivity index is 3.39. The number of amides is 1. The molecule has 0 aliphatic carbocycles. The average molecular weight is 788 g/mol. The average Bonchev–Trinajstić information content (AvgIpc) is 3.20. The summed E-state index contributed by atoms with van der Waals surface area (Å²) in [5.41, 5.74) is 0. The molecule has 0 aromatic carbocycles. The van der Waals surface area contributed by atoms with Crippen LogP contribution in [0.1, 0.15) is 284 Å². The smallest absolute Gasteiger partial charge is 0.220 e. The minimum Gasteiger partial charge on any atom is -0.394 e. The van der Waals surface area contributed by atoms with Gasteiger partial charge in [-0.05, 0) is 38.5 Å². The van der Waals surface area contributed by atoms with Crippen molar-refractivity contribution in [1.82, 2.24) is 5.32 Å². The number of unbranched alkanes of at least 4 members (excludes halogenated alkanes) is 36. The Hall–Kier alpha value is -1.13. The van der Waals surface area contributed by atoms with Gasteiger partial charge in [-0.25, -0.2) is 0 Å². The predicted molar refractivity (Wildman–Crippen MR) is 249 cm³/mol. The van der Waals surface area contributed by atoms with E-state index < -0.39 is 12.1 Å². The fourth-order valence-electron chi connectivity index (χ4n) is 8.05. The van der Waals surface area contributed by atoms with Crippen molar-refractivity contribution in [1.29, 1.82) is 0 Å². The third-order valence-electron chi connectivity index (χ3n) is 11.9. The second-order valence-electron chi connectivity index (χ2n) is 17.6. The van der Waals surface area contributed by atoms with Crippen LogP contribution in [-0.2, 0) is 4.79 Å². The minimum absolute atomic E-state index is 0.0435. The summed E-state index contributed by atoms with van der Waals surface area (Å²) in [5, 5.41) is 23.2. The van der Waals surface area contributed by atoms with E-state index in [1.54, 1.807) is 0 Å². The fraction of sp³-hybridized carbons (Fsp3) is 0.904. The molecule has 3 N–H and O–H groups in total. The molecular weight excluding hydrogens is 687 g/mol. The number of aliphatic hydroxyl groups excluding tert-OH is 2. The largest absolute Gasteiger partial charge is 0.394 e. The van der Waals surface area contributed by atoms with Crippen LogP contribution in [0.2, 0.25) is 0 Å². The van der Waals surface area contributed by atoms with Gasteiger partial charge in [0.2, 0.25) is 5.91 Å². The van der Waals surface area contributed by atoms with Crippen molar-refractivity contribution in [3.8, 4) is 0 Å². The molecule has 0 bridgehead atoms. The number of nitrogens with one attached hydrogen (secondary N) is 1. The van der Waals surface area contributed by atoms with Gasteiger partial charge >= 0.3 is 0 Å². The normalized spacial score (nSPS) is 13.0. The zero-order valence-corrected chi connectivity index (χ0v) is 38.2. The molecule has 56 heavy (non-hydrogen) atoms. The molecule has 4 nitrogen and oxygen atoms in total. The molecule has 0 spiro atoms. The summed E-state index contributed by atoms with van der Waals surface area (Å²) in [7, 11) is 0. The SMILES string of the molecule is CCC/C=C\C/C=C\CCCCCCCC(=O)NC(CO)C(O)CCCCCCCCCCCCCCCCCCCCCCCCCCCCCCCCC. The quantitative estimate of drug-likeness (QED) is 0.0425. The number of rotatable bonds is 47. The molecule has 0 saturated carbocycles. The highest BCUT2D eigenvalue weighted by Gasteiger charge is 2.20. The van der Waals surface area contributed by atoms with Crippen molar-refractivity contribution in [2.45, 2.75) is 296 Å². The van der Waals surface area contributed by atoms with Gasteiger partial charge in [0.25, 0.3) is 0 Å². The summed E-state index contributed by atoms with van der Waals surface area (Å²) in [5.74, 6) is -0.0435. The van der Waals surface area contributed by atoms with Crippen LogP contribution in [0.4, 0.5) is 0 Å². The zero-order valence-electron chi connectivity index (χ0n) is 38.2. The Bertz CT molecular complexity index is 810. The highest BCUT2D eigenvalue weighted by molar-refractivity contribution is 5.76. The molecule has 2 unspecified atom stereocenters. The van der Waals surface area contributed by atoms with Crippen molar-refractivity contribution in [2.24, 2.45) is 0 Å². The molecule has 2 atom stereocenters. The lowest BCUT2D eigenvalue weighted by atomic mass is 10.0. The topological polar surface area (TPSA) is 69.6 Å². The number of hydrogen-bond acceptors (Lipinski definition) is 3. The molecular formula is C52H101NO3. The zero-order chi connectivity index (χ0) is 40.7.